The van der Waals surface area contributed by atoms with Gasteiger partial charge in [-0.3, -0.25) is 4.79 Å². The van der Waals surface area contributed by atoms with Crippen molar-refractivity contribution in [2.45, 2.75) is 52.4 Å². The molecule has 1 unspecified atom stereocenters. The Labute approximate surface area is 241 Å². The van der Waals surface area contributed by atoms with Crippen molar-refractivity contribution < 1.29 is 18.7 Å². The number of esters is 1. The topological polar surface area (TPSA) is 102 Å². The average molecular weight is 562 g/mol. The van der Waals surface area contributed by atoms with E-state index in [0.29, 0.717) is 41.2 Å². The van der Waals surface area contributed by atoms with Crippen molar-refractivity contribution in [2.75, 3.05) is 26.7 Å². The van der Waals surface area contributed by atoms with E-state index in [1.165, 1.54) is 6.20 Å². The first-order valence-corrected chi connectivity index (χ1v) is 14.5. The van der Waals surface area contributed by atoms with Gasteiger partial charge in [-0.2, -0.15) is 5.10 Å². The van der Waals surface area contributed by atoms with Gasteiger partial charge in [0.2, 0.25) is 0 Å². The van der Waals surface area contributed by atoms with Gasteiger partial charge in [-0.15, -0.1) is 0 Å². The molecule has 2 aliphatic rings. The standard InChI is InChI=1S/C30H34FN5O3.C2H6/c1-3-39-30(38)25-17-34-36(28(25)24-16-23(24)26(32)18-33-2)20-10-7-9-19(15-20)21-11-8-12-22(27(21)31)29(37)35-13-5-4-6-14-35;1-2/h7-12,15,17-18,23-24,33H,3-6,13-14,16,32H2,1-2H3;1-2H3/b26-18-;/t23-,24?;/m0./s1. The number of ether oxygens (including phenoxy) is 1. The SMILES string of the molecule is CC.CCOC(=O)c1cnn(-c2cccc(-c3cccc(C(=O)N4CCCCC4)c3F)c2)c1C1C[C@@H]1/C(N)=C/NC. The summed E-state index contributed by atoms with van der Waals surface area (Å²) in [5, 5.41) is 7.50. The molecule has 3 aromatic rings. The molecule has 218 valence electrons. The first-order chi connectivity index (χ1) is 19.9. The molecule has 5 rings (SSSR count). The second-order valence-electron chi connectivity index (χ2n) is 10.0. The summed E-state index contributed by atoms with van der Waals surface area (Å²) < 4.78 is 22.8. The van der Waals surface area contributed by atoms with E-state index in [1.807, 2.05) is 32.0 Å². The second-order valence-corrected chi connectivity index (χ2v) is 10.0. The van der Waals surface area contributed by atoms with E-state index < -0.39 is 11.8 Å². The number of benzene rings is 2. The van der Waals surface area contributed by atoms with Gasteiger partial charge in [-0.25, -0.2) is 13.9 Å². The largest absolute Gasteiger partial charge is 0.462 e. The van der Waals surface area contributed by atoms with Gasteiger partial charge in [0.1, 0.15) is 11.4 Å². The molecule has 0 spiro atoms. The van der Waals surface area contributed by atoms with Crippen LogP contribution in [0.3, 0.4) is 0 Å². The number of allylic oxidation sites excluding steroid dienone is 1. The molecule has 2 fully saturated rings. The average Bonchev–Trinajstić information content (AvgIpc) is 3.68. The molecule has 8 nitrogen and oxygen atoms in total. The van der Waals surface area contributed by atoms with Crippen molar-refractivity contribution in [3.63, 3.8) is 0 Å². The fraction of sp³-hybridized carbons (Fsp3) is 0.406. The summed E-state index contributed by atoms with van der Waals surface area (Å²) in [6.45, 7) is 7.32. The maximum atomic E-state index is 15.8. The highest BCUT2D eigenvalue weighted by Crippen LogP contribution is 2.51. The number of carbonyl (C=O) groups excluding carboxylic acids is 2. The number of rotatable bonds is 8. The van der Waals surface area contributed by atoms with Gasteiger partial charge in [0, 0.05) is 49.4 Å². The first kappa shape index (κ1) is 29.8. The third-order valence-corrected chi connectivity index (χ3v) is 7.46. The van der Waals surface area contributed by atoms with Gasteiger partial charge < -0.3 is 20.7 Å². The number of piperidine rings is 1. The number of halogens is 1. The Hall–Kier alpha value is -4.14. The smallest absolute Gasteiger partial charge is 0.341 e. The number of nitrogens with one attached hydrogen (secondary N) is 1. The second kappa shape index (κ2) is 13.5. The Balaban J connectivity index is 0.00000189. The molecular weight excluding hydrogens is 521 g/mol. The highest BCUT2D eigenvalue weighted by molar-refractivity contribution is 5.96. The lowest BCUT2D eigenvalue weighted by molar-refractivity contribution is 0.0524. The minimum Gasteiger partial charge on any atom is -0.462 e. The monoisotopic (exact) mass is 561 g/mol. The predicted octanol–water partition coefficient (Wildman–Crippen LogP) is 5.63. The van der Waals surface area contributed by atoms with Crippen LogP contribution in [0.2, 0.25) is 0 Å². The summed E-state index contributed by atoms with van der Waals surface area (Å²) in [4.78, 5) is 27.6. The number of hydrogen-bond donors (Lipinski definition) is 2. The van der Waals surface area contributed by atoms with Gasteiger partial charge in [0.15, 0.2) is 0 Å². The number of aromatic nitrogens is 2. The van der Waals surface area contributed by atoms with Crippen LogP contribution < -0.4 is 11.1 Å². The van der Waals surface area contributed by atoms with Crippen LogP contribution in [0.4, 0.5) is 4.39 Å². The van der Waals surface area contributed by atoms with Crippen molar-refractivity contribution in [1.82, 2.24) is 20.0 Å². The maximum Gasteiger partial charge on any atom is 0.341 e. The van der Waals surface area contributed by atoms with Gasteiger partial charge >= 0.3 is 5.97 Å². The molecule has 3 N–H and O–H groups in total. The van der Waals surface area contributed by atoms with Crippen molar-refractivity contribution >= 4 is 11.9 Å². The molecule has 0 radical (unpaired) electrons. The Bertz CT molecular complexity index is 1410. The van der Waals surface area contributed by atoms with E-state index >= 15 is 4.39 Å². The summed E-state index contributed by atoms with van der Waals surface area (Å²) in [5.41, 5.74) is 9.77. The maximum absolute atomic E-state index is 15.8. The number of nitrogens with zero attached hydrogens (tertiary/aromatic N) is 3. The van der Waals surface area contributed by atoms with E-state index in [4.69, 9.17) is 10.5 Å². The summed E-state index contributed by atoms with van der Waals surface area (Å²) in [6.07, 6.45) is 7.02. The van der Waals surface area contributed by atoms with Crippen LogP contribution in [0, 0.1) is 11.7 Å². The zero-order valence-electron chi connectivity index (χ0n) is 24.3. The Morgan fingerprint density at radius 2 is 1.85 bits per heavy atom. The summed E-state index contributed by atoms with van der Waals surface area (Å²) in [7, 11) is 1.79. The molecule has 1 amide bonds. The first-order valence-electron chi connectivity index (χ1n) is 14.5. The van der Waals surface area contributed by atoms with E-state index in [2.05, 4.69) is 10.4 Å². The van der Waals surface area contributed by atoms with Crippen LogP contribution in [-0.2, 0) is 4.74 Å². The molecule has 1 aliphatic heterocycles. The molecule has 2 atom stereocenters. The van der Waals surface area contributed by atoms with E-state index in [0.717, 1.165) is 31.4 Å². The molecule has 2 heterocycles. The zero-order valence-corrected chi connectivity index (χ0v) is 24.3. The molecule has 0 bridgehead atoms. The number of amides is 1. The number of carbonyl (C=O) groups is 2. The highest BCUT2D eigenvalue weighted by Gasteiger charge is 2.45. The minimum atomic E-state index is -0.537. The lowest BCUT2D eigenvalue weighted by atomic mass is 10.00. The Kier molecular flexibility index (Phi) is 9.81. The summed E-state index contributed by atoms with van der Waals surface area (Å²) in [5.74, 6) is -1.19. The van der Waals surface area contributed by atoms with Gasteiger partial charge in [-0.1, -0.05) is 38.1 Å². The highest BCUT2D eigenvalue weighted by atomic mass is 19.1. The number of nitrogens with two attached hydrogens (primary N) is 1. The molecule has 1 aliphatic carbocycles. The zero-order chi connectivity index (χ0) is 29.5. The summed E-state index contributed by atoms with van der Waals surface area (Å²) in [6, 6.07) is 12.2. The third kappa shape index (κ3) is 6.29. The molecular formula is C32H40FN5O3. The molecule has 41 heavy (non-hydrogen) atoms. The van der Waals surface area contributed by atoms with Gasteiger partial charge in [-0.05, 0) is 56.4 Å². The van der Waals surface area contributed by atoms with E-state index in [-0.39, 0.29) is 29.9 Å². The van der Waals surface area contributed by atoms with E-state index in [1.54, 1.807) is 54.0 Å². The van der Waals surface area contributed by atoms with Crippen LogP contribution in [0.5, 0.6) is 0 Å². The van der Waals surface area contributed by atoms with Crippen LogP contribution in [-0.4, -0.2) is 53.3 Å². The normalized spacial score (nSPS) is 18.3. The molecule has 1 saturated heterocycles. The van der Waals surface area contributed by atoms with Crippen molar-refractivity contribution in [3.05, 3.63) is 83.2 Å². The predicted molar refractivity (Wildman–Crippen MR) is 158 cm³/mol. The lowest BCUT2D eigenvalue weighted by Crippen LogP contribution is -2.36. The molecule has 1 aromatic heterocycles. The fourth-order valence-corrected chi connectivity index (χ4v) is 5.42. The Morgan fingerprint density at radius 1 is 1.12 bits per heavy atom. The number of hydrogen-bond acceptors (Lipinski definition) is 6. The van der Waals surface area contributed by atoms with Crippen molar-refractivity contribution in [2.24, 2.45) is 11.7 Å². The van der Waals surface area contributed by atoms with Gasteiger partial charge in [0.25, 0.3) is 5.91 Å². The van der Waals surface area contributed by atoms with Crippen LogP contribution in [0.1, 0.15) is 78.8 Å². The third-order valence-electron chi connectivity index (χ3n) is 7.46. The molecule has 1 saturated carbocycles. The number of likely N-dealkylation sites (tertiary alicyclic amines) is 1. The Morgan fingerprint density at radius 3 is 2.56 bits per heavy atom. The van der Waals surface area contributed by atoms with Crippen LogP contribution in [0.25, 0.3) is 16.8 Å². The van der Waals surface area contributed by atoms with Crippen LogP contribution in [0.15, 0.2) is 60.6 Å². The van der Waals surface area contributed by atoms with Crippen molar-refractivity contribution in [3.8, 4) is 16.8 Å². The van der Waals surface area contributed by atoms with Gasteiger partial charge in [0.05, 0.1) is 29.7 Å². The minimum absolute atomic E-state index is 0.0117. The van der Waals surface area contributed by atoms with E-state index in [9.17, 15) is 9.59 Å². The molecule has 2 aromatic carbocycles. The summed E-state index contributed by atoms with van der Waals surface area (Å²) >= 11 is 0. The fourth-order valence-electron chi connectivity index (χ4n) is 5.42. The van der Waals surface area contributed by atoms with Crippen LogP contribution >= 0.6 is 0 Å². The van der Waals surface area contributed by atoms with Crippen molar-refractivity contribution in [1.29, 1.82) is 0 Å². The molecule has 9 heteroatoms. The quantitative estimate of drug-likeness (QED) is 0.346. The lowest BCUT2D eigenvalue weighted by Gasteiger charge is -2.27.